The summed E-state index contributed by atoms with van der Waals surface area (Å²) >= 11 is 0. The van der Waals surface area contributed by atoms with Crippen LogP contribution in [-0.4, -0.2) is 35.4 Å². The van der Waals surface area contributed by atoms with E-state index in [2.05, 4.69) is 35.5 Å². The molecule has 0 atom stereocenters. The smallest absolute Gasteiger partial charge is 0.230 e. The van der Waals surface area contributed by atoms with E-state index in [0.717, 1.165) is 42.8 Å². The molecular weight excluding hydrogens is 314 g/mol. The number of benzene rings is 1. The summed E-state index contributed by atoms with van der Waals surface area (Å²) in [5, 5.41) is 7.62. The summed E-state index contributed by atoms with van der Waals surface area (Å²) in [5.74, 6) is 0.121. The predicted molar refractivity (Wildman–Crippen MR) is 97.5 cm³/mol. The number of nitrogens with zero attached hydrogens (tertiary/aromatic N) is 2. The summed E-state index contributed by atoms with van der Waals surface area (Å²) in [4.78, 5) is 13.0. The van der Waals surface area contributed by atoms with E-state index in [4.69, 9.17) is 4.74 Å². The number of hydrogen-bond acceptors (Lipinski definition) is 3. The predicted octanol–water partition coefficient (Wildman–Crippen LogP) is 2.75. The lowest BCUT2D eigenvalue weighted by molar-refractivity contribution is -0.130. The molecular formula is C20H27N3O2. The molecule has 1 saturated heterocycles. The number of rotatable bonds is 6. The number of carbonyl (C=O) groups is 1. The van der Waals surface area contributed by atoms with Crippen LogP contribution in [0.1, 0.15) is 36.2 Å². The maximum atomic E-state index is 13.0. The van der Waals surface area contributed by atoms with Crippen molar-refractivity contribution in [3.63, 3.8) is 0 Å². The van der Waals surface area contributed by atoms with Crippen molar-refractivity contribution in [1.29, 1.82) is 0 Å². The lowest BCUT2D eigenvalue weighted by atomic mass is 9.73. The average Bonchev–Trinajstić information content (AvgIpc) is 2.97. The van der Waals surface area contributed by atoms with Crippen molar-refractivity contribution in [2.45, 2.75) is 45.1 Å². The van der Waals surface area contributed by atoms with Crippen LogP contribution in [0.2, 0.25) is 0 Å². The van der Waals surface area contributed by atoms with E-state index in [1.807, 2.05) is 29.8 Å². The normalized spacial score (nSPS) is 16.6. The third kappa shape index (κ3) is 3.93. The van der Waals surface area contributed by atoms with Gasteiger partial charge in [-0.05, 0) is 44.7 Å². The second kappa shape index (κ2) is 7.83. The molecule has 134 valence electrons. The van der Waals surface area contributed by atoms with Crippen molar-refractivity contribution in [3.8, 4) is 0 Å². The molecule has 25 heavy (non-hydrogen) atoms. The zero-order valence-corrected chi connectivity index (χ0v) is 15.1. The van der Waals surface area contributed by atoms with Crippen LogP contribution in [-0.2, 0) is 21.5 Å². The first kappa shape index (κ1) is 17.7. The van der Waals surface area contributed by atoms with Crippen molar-refractivity contribution >= 4 is 5.91 Å². The van der Waals surface area contributed by atoms with Gasteiger partial charge in [-0.3, -0.25) is 9.48 Å². The first-order valence-corrected chi connectivity index (χ1v) is 9.04. The lowest BCUT2D eigenvalue weighted by Gasteiger charge is -2.36. The fourth-order valence-corrected chi connectivity index (χ4v) is 3.63. The Morgan fingerprint density at radius 1 is 1.24 bits per heavy atom. The quantitative estimate of drug-likeness (QED) is 0.822. The summed E-state index contributed by atoms with van der Waals surface area (Å²) < 4.78 is 7.51. The number of carbonyl (C=O) groups excluding carboxylic acids is 1. The first-order chi connectivity index (χ1) is 12.1. The van der Waals surface area contributed by atoms with Crippen LogP contribution in [0.3, 0.4) is 0 Å². The van der Waals surface area contributed by atoms with E-state index in [0.29, 0.717) is 19.8 Å². The first-order valence-electron chi connectivity index (χ1n) is 9.04. The molecule has 2 heterocycles. The lowest BCUT2D eigenvalue weighted by Crippen LogP contribution is -2.48. The molecule has 1 aliphatic heterocycles. The monoisotopic (exact) mass is 341 g/mol. The van der Waals surface area contributed by atoms with Crippen LogP contribution >= 0.6 is 0 Å². The van der Waals surface area contributed by atoms with Crippen LogP contribution in [0, 0.1) is 13.8 Å². The van der Waals surface area contributed by atoms with E-state index in [1.165, 1.54) is 0 Å². The number of amides is 1. The van der Waals surface area contributed by atoms with Gasteiger partial charge in [0.25, 0.3) is 0 Å². The van der Waals surface area contributed by atoms with Crippen LogP contribution in [0.4, 0.5) is 0 Å². The van der Waals surface area contributed by atoms with Gasteiger partial charge in [0.15, 0.2) is 0 Å². The van der Waals surface area contributed by atoms with Gasteiger partial charge in [0.1, 0.15) is 0 Å². The van der Waals surface area contributed by atoms with E-state index in [-0.39, 0.29) is 5.91 Å². The number of aryl methyl sites for hydroxylation is 3. The molecule has 2 aromatic rings. The molecule has 1 aromatic heterocycles. The van der Waals surface area contributed by atoms with Gasteiger partial charge in [0.2, 0.25) is 5.91 Å². The number of ether oxygens (including phenoxy) is 1. The van der Waals surface area contributed by atoms with Gasteiger partial charge in [-0.1, -0.05) is 30.3 Å². The third-order valence-electron chi connectivity index (χ3n) is 5.04. The van der Waals surface area contributed by atoms with E-state index < -0.39 is 5.41 Å². The largest absolute Gasteiger partial charge is 0.381 e. The Balaban J connectivity index is 1.60. The number of nitrogens with one attached hydrogen (secondary N) is 1. The molecule has 0 saturated carbocycles. The Kier molecular flexibility index (Phi) is 5.53. The van der Waals surface area contributed by atoms with E-state index >= 15 is 0 Å². The molecule has 5 heteroatoms. The van der Waals surface area contributed by atoms with Crippen molar-refractivity contribution < 1.29 is 9.53 Å². The Bertz CT molecular complexity index is 703. The summed E-state index contributed by atoms with van der Waals surface area (Å²) in [7, 11) is 0. The Morgan fingerprint density at radius 2 is 1.96 bits per heavy atom. The van der Waals surface area contributed by atoms with Gasteiger partial charge in [-0.2, -0.15) is 5.10 Å². The minimum Gasteiger partial charge on any atom is -0.381 e. The molecule has 1 aliphatic rings. The van der Waals surface area contributed by atoms with Gasteiger partial charge >= 0.3 is 0 Å². The summed E-state index contributed by atoms with van der Waals surface area (Å²) in [6, 6.07) is 12.2. The molecule has 3 rings (SSSR count). The van der Waals surface area contributed by atoms with Gasteiger partial charge in [-0.25, -0.2) is 0 Å². The molecule has 0 radical (unpaired) electrons. The maximum absolute atomic E-state index is 13.0. The SMILES string of the molecule is Cc1cc(C)n(CCCNC(=O)C2(c3ccccc3)CCOCC2)n1. The van der Waals surface area contributed by atoms with Gasteiger partial charge in [0, 0.05) is 32.0 Å². The highest BCUT2D eigenvalue weighted by Crippen LogP contribution is 2.35. The average molecular weight is 341 g/mol. The fourth-order valence-electron chi connectivity index (χ4n) is 3.63. The zero-order valence-electron chi connectivity index (χ0n) is 15.1. The van der Waals surface area contributed by atoms with Crippen LogP contribution in [0.25, 0.3) is 0 Å². The Morgan fingerprint density at radius 3 is 2.60 bits per heavy atom. The summed E-state index contributed by atoms with van der Waals surface area (Å²) in [6.07, 6.45) is 2.34. The zero-order chi connectivity index (χ0) is 17.7. The van der Waals surface area contributed by atoms with Crippen molar-refractivity contribution in [2.75, 3.05) is 19.8 Å². The number of aromatic nitrogens is 2. The second-order valence-electron chi connectivity index (χ2n) is 6.82. The molecule has 1 aromatic carbocycles. The van der Waals surface area contributed by atoms with Crippen LogP contribution in [0.15, 0.2) is 36.4 Å². The molecule has 1 N–H and O–H groups in total. The van der Waals surface area contributed by atoms with Crippen LogP contribution in [0.5, 0.6) is 0 Å². The fraction of sp³-hybridized carbons (Fsp3) is 0.500. The minimum absolute atomic E-state index is 0.121. The minimum atomic E-state index is -0.461. The van der Waals surface area contributed by atoms with Crippen molar-refractivity contribution in [3.05, 3.63) is 53.3 Å². The highest BCUT2D eigenvalue weighted by molar-refractivity contribution is 5.88. The maximum Gasteiger partial charge on any atom is 0.230 e. The van der Waals surface area contributed by atoms with Crippen molar-refractivity contribution in [1.82, 2.24) is 15.1 Å². The van der Waals surface area contributed by atoms with E-state index in [1.54, 1.807) is 0 Å². The highest BCUT2D eigenvalue weighted by atomic mass is 16.5. The molecule has 1 fully saturated rings. The topological polar surface area (TPSA) is 56.2 Å². The molecule has 0 spiro atoms. The third-order valence-corrected chi connectivity index (χ3v) is 5.04. The Hall–Kier alpha value is -2.14. The second-order valence-corrected chi connectivity index (χ2v) is 6.82. The van der Waals surface area contributed by atoms with Gasteiger partial charge < -0.3 is 10.1 Å². The highest BCUT2D eigenvalue weighted by Gasteiger charge is 2.41. The standard InChI is InChI=1S/C20H27N3O2/c1-16-15-17(2)23(22-16)12-6-11-21-19(24)20(9-13-25-14-10-20)18-7-4-3-5-8-18/h3-5,7-8,15H,6,9-14H2,1-2H3,(H,21,24). The molecule has 0 aliphatic carbocycles. The summed E-state index contributed by atoms with van der Waals surface area (Å²) in [5.41, 5.74) is 2.83. The Labute approximate surface area is 149 Å². The summed E-state index contributed by atoms with van der Waals surface area (Å²) in [6.45, 7) is 6.81. The van der Waals surface area contributed by atoms with Gasteiger partial charge in [0.05, 0.1) is 11.1 Å². The molecule has 5 nitrogen and oxygen atoms in total. The van der Waals surface area contributed by atoms with E-state index in [9.17, 15) is 4.79 Å². The molecule has 0 unspecified atom stereocenters. The molecule has 0 bridgehead atoms. The number of hydrogen-bond donors (Lipinski definition) is 1. The molecule has 1 amide bonds. The van der Waals surface area contributed by atoms with Crippen molar-refractivity contribution in [2.24, 2.45) is 0 Å². The van der Waals surface area contributed by atoms with Gasteiger partial charge in [-0.15, -0.1) is 0 Å². The van der Waals surface area contributed by atoms with Crippen LogP contribution < -0.4 is 5.32 Å².